The minimum atomic E-state index is 0.590. The average Bonchev–Trinajstić information content (AvgIpc) is 3.44. The van der Waals surface area contributed by atoms with Crippen LogP contribution in [0.1, 0.15) is 29.7 Å². The van der Waals surface area contributed by atoms with E-state index in [4.69, 9.17) is 9.40 Å². The Balaban J connectivity index is 1.51. The highest BCUT2D eigenvalue weighted by Gasteiger charge is 2.21. The predicted octanol–water partition coefficient (Wildman–Crippen LogP) is 4.26. The molecular weight excluding hydrogens is 360 g/mol. The van der Waals surface area contributed by atoms with Gasteiger partial charge in [0.1, 0.15) is 22.5 Å². The van der Waals surface area contributed by atoms with E-state index in [2.05, 4.69) is 20.3 Å². The summed E-state index contributed by atoms with van der Waals surface area (Å²) in [4.78, 5) is 12.0. The van der Waals surface area contributed by atoms with Gasteiger partial charge in [-0.15, -0.1) is 16.4 Å². The van der Waals surface area contributed by atoms with Gasteiger partial charge in [-0.2, -0.15) is 5.10 Å². The van der Waals surface area contributed by atoms with Crippen LogP contribution in [0.5, 0.6) is 0 Å². The third kappa shape index (κ3) is 2.33. The van der Waals surface area contributed by atoms with Gasteiger partial charge in [-0.25, -0.2) is 14.5 Å². The number of aromatic nitrogens is 6. The van der Waals surface area contributed by atoms with Gasteiger partial charge >= 0.3 is 0 Å². The molecule has 1 aliphatic rings. The Morgan fingerprint density at radius 2 is 2.15 bits per heavy atom. The Hall–Kier alpha value is -3.00. The number of hydrogen-bond donors (Lipinski definition) is 1. The van der Waals surface area contributed by atoms with Gasteiger partial charge in [0.15, 0.2) is 11.4 Å². The van der Waals surface area contributed by atoms with Crippen LogP contribution in [0.25, 0.3) is 38.8 Å². The fourth-order valence-corrected chi connectivity index (χ4v) is 5.06. The normalized spacial score (nSPS) is 14.7. The van der Waals surface area contributed by atoms with Crippen molar-refractivity contribution in [3.05, 3.63) is 41.2 Å². The number of H-pyrrole nitrogens is 1. The number of rotatable bonds is 2. The zero-order chi connectivity index (χ0) is 17.8. The van der Waals surface area contributed by atoms with Crippen molar-refractivity contribution in [3.8, 4) is 23.0 Å². The molecule has 1 aliphatic carbocycles. The second-order valence-electron chi connectivity index (χ2n) is 6.84. The number of aryl methyl sites for hydroxylation is 2. The summed E-state index contributed by atoms with van der Waals surface area (Å²) in [5.41, 5.74) is 3.79. The molecule has 134 valence electrons. The third-order valence-corrected chi connectivity index (χ3v) is 6.34. The Labute approximate surface area is 158 Å². The van der Waals surface area contributed by atoms with Gasteiger partial charge in [0.05, 0.1) is 11.6 Å². The molecule has 1 N–H and O–H groups in total. The van der Waals surface area contributed by atoms with Crippen LogP contribution in [0.15, 0.2) is 35.2 Å². The van der Waals surface area contributed by atoms with Crippen LogP contribution < -0.4 is 0 Å². The molecule has 6 rings (SSSR count). The summed E-state index contributed by atoms with van der Waals surface area (Å²) in [6.07, 6.45) is 9.43. The first kappa shape index (κ1) is 15.1. The first-order chi connectivity index (χ1) is 13.4. The third-order valence-electron chi connectivity index (χ3n) is 5.14. The summed E-state index contributed by atoms with van der Waals surface area (Å²) in [6.45, 7) is 0. The first-order valence-corrected chi connectivity index (χ1v) is 9.94. The topological polar surface area (TPSA) is 84.9 Å². The molecule has 5 heterocycles. The molecule has 5 aromatic heterocycles. The maximum Gasteiger partial charge on any atom is 0.202 e. The minimum absolute atomic E-state index is 0.590. The Morgan fingerprint density at radius 3 is 3.07 bits per heavy atom. The Kier molecular flexibility index (Phi) is 3.21. The molecule has 0 atom stereocenters. The smallest absolute Gasteiger partial charge is 0.202 e. The summed E-state index contributed by atoms with van der Waals surface area (Å²) in [5, 5.41) is 13.1. The average molecular weight is 376 g/mol. The van der Waals surface area contributed by atoms with Crippen molar-refractivity contribution in [3.63, 3.8) is 0 Å². The van der Waals surface area contributed by atoms with Crippen molar-refractivity contribution in [1.29, 1.82) is 0 Å². The Bertz CT molecular complexity index is 1260. The van der Waals surface area contributed by atoms with E-state index >= 15 is 0 Å². The van der Waals surface area contributed by atoms with E-state index in [1.165, 1.54) is 35.1 Å². The summed E-state index contributed by atoms with van der Waals surface area (Å²) in [5.74, 6) is 1.33. The molecule has 8 heteroatoms. The maximum atomic E-state index is 5.42. The highest BCUT2D eigenvalue weighted by Crippen LogP contribution is 2.36. The summed E-state index contributed by atoms with van der Waals surface area (Å²) in [6, 6.07) is 5.65. The van der Waals surface area contributed by atoms with E-state index in [9.17, 15) is 0 Å². The molecule has 0 unspecified atom stereocenters. The zero-order valence-electron chi connectivity index (χ0n) is 14.5. The lowest BCUT2D eigenvalue weighted by molar-refractivity contribution is 0.580. The molecule has 0 spiro atoms. The molecule has 0 saturated carbocycles. The van der Waals surface area contributed by atoms with Crippen LogP contribution in [0.3, 0.4) is 0 Å². The molecule has 0 fully saturated rings. The minimum Gasteiger partial charge on any atom is -0.463 e. The van der Waals surface area contributed by atoms with E-state index in [1.54, 1.807) is 17.1 Å². The van der Waals surface area contributed by atoms with Gasteiger partial charge in [0, 0.05) is 4.88 Å². The number of hydrogen-bond acceptors (Lipinski definition) is 6. The molecule has 5 aromatic rings. The van der Waals surface area contributed by atoms with Crippen LogP contribution >= 0.6 is 11.3 Å². The van der Waals surface area contributed by atoms with Crippen molar-refractivity contribution in [2.24, 2.45) is 0 Å². The van der Waals surface area contributed by atoms with Crippen LogP contribution in [-0.4, -0.2) is 29.8 Å². The van der Waals surface area contributed by atoms with E-state index in [0.29, 0.717) is 11.5 Å². The number of fused-ring (bicyclic) bond motifs is 5. The van der Waals surface area contributed by atoms with E-state index in [1.807, 2.05) is 29.5 Å². The van der Waals surface area contributed by atoms with Crippen LogP contribution in [-0.2, 0) is 12.8 Å². The molecule has 0 saturated heterocycles. The lowest BCUT2D eigenvalue weighted by atomic mass is 10.1. The van der Waals surface area contributed by atoms with Crippen LogP contribution in [0.4, 0.5) is 0 Å². The van der Waals surface area contributed by atoms with Gasteiger partial charge in [-0.3, -0.25) is 5.10 Å². The van der Waals surface area contributed by atoms with Gasteiger partial charge < -0.3 is 4.42 Å². The van der Waals surface area contributed by atoms with Crippen molar-refractivity contribution < 1.29 is 4.42 Å². The predicted molar refractivity (Wildman–Crippen MR) is 103 cm³/mol. The fourth-order valence-electron chi connectivity index (χ4n) is 3.83. The molecule has 0 bridgehead atoms. The lowest BCUT2D eigenvalue weighted by Gasteiger charge is -1.98. The second kappa shape index (κ2) is 5.75. The van der Waals surface area contributed by atoms with Crippen molar-refractivity contribution in [2.45, 2.75) is 32.1 Å². The van der Waals surface area contributed by atoms with Crippen molar-refractivity contribution in [2.75, 3.05) is 0 Å². The molecule has 0 aromatic carbocycles. The molecule has 27 heavy (non-hydrogen) atoms. The fraction of sp³-hybridized carbons (Fsp3) is 0.263. The van der Waals surface area contributed by atoms with E-state index in [0.717, 1.165) is 34.8 Å². The monoisotopic (exact) mass is 376 g/mol. The Morgan fingerprint density at radius 1 is 1.19 bits per heavy atom. The molecule has 0 aliphatic heterocycles. The molecule has 7 nitrogen and oxygen atoms in total. The molecule has 0 amide bonds. The SMILES string of the molecule is c1coc(-c2cc(-c3nc4c5c6c(sc5ncn4n3)CCCCC6)n[nH]2)c1. The molecular formula is C19H16N6OS. The number of thiophene rings is 1. The number of furan rings is 1. The molecule has 0 radical (unpaired) electrons. The maximum absolute atomic E-state index is 5.42. The standard InChI is InChI=1S/C19H16N6OS/c1-2-5-11-15(7-3-1)27-19-16(11)18-21-17(24-25(18)10-20-19)13-9-12(22-23-13)14-6-4-8-26-14/h4,6,8-10H,1-3,5,7H2,(H,22,23). The number of nitrogens with one attached hydrogen (secondary N) is 1. The van der Waals surface area contributed by atoms with Gasteiger partial charge in [-0.05, 0) is 49.4 Å². The number of nitrogens with zero attached hydrogens (tertiary/aromatic N) is 5. The van der Waals surface area contributed by atoms with Gasteiger partial charge in [0.25, 0.3) is 0 Å². The van der Waals surface area contributed by atoms with Crippen molar-refractivity contribution in [1.82, 2.24) is 29.8 Å². The van der Waals surface area contributed by atoms with Gasteiger partial charge in [0.2, 0.25) is 5.82 Å². The summed E-state index contributed by atoms with van der Waals surface area (Å²) >= 11 is 1.81. The van der Waals surface area contributed by atoms with Gasteiger partial charge in [-0.1, -0.05) is 6.42 Å². The van der Waals surface area contributed by atoms with E-state index < -0.39 is 0 Å². The summed E-state index contributed by atoms with van der Waals surface area (Å²) < 4.78 is 7.20. The summed E-state index contributed by atoms with van der Waals surface area (Å²) in [7, 11) is 0. The van der Waals surface area contributed by atoms with Crippen molar-refractivity contribution >= 4 is 27.2 Å². The van der Waals surface area contributed by atoms with Crippen LogP contribution in [0.2, 0.25) is 0 Å². The zero-order valence-corrected chi connectivity index (χ0v) is 15.3. The highest BCUT2D eigenvalue weighted by atomic mass is 32.1. The first-order valence-electron chi connectivity index (χ1n) is 9.12. The van der Waals surface area contributed by atoms with E-state index in [-0.39, 0.29) is 0 Å². The largest absolute Gasteiger partial charge is 0.463 e. The lowest BCUT2D eigenvalue weighted by Crippen LogP contribution is -1.92. The van der Waals surface area contributed by atoms with Crippen LogP contribution in [0, 0.1) is 0 Å². The number of aromatic amines is 1. The highest BCUT2D eigenvalue weighted by molar-refractivity contribution is 7.19. The quantitative estimate of drug-likeness (QED) is 0.465. The second-order valence-corrected chi connectivity index (χ2v) is 7.92.